The van der Waals surface area contributed by atoms with E-state index in [1.54, 1.807) is 0 Å². The third-order valence-corrected chi connectivity index (χ3v) is 2.34. The van der Waals surface area contributed by atoms with Crippen LogP contribution in [0.2, 0.25) is 0 Å². The van der Waals surface area contributed by atoms with Gasteiger partial charge in [-0.15, -0.1) is 0 Å². The molecule has 1 atom stereocenters. The molecule has 2 N–H and O–H groups in total. The number of nitroso groups, excluding NO2 is 1. The molecular weight excluding hydrogens is 152 g/mol. The van der Waals surface area contributed by atoms with E-state index in [1.807, 2.05) is 18.2 Å². The number of nitrogens with zero attached hydrogens (tertiary/aromatic N) is 1. The van der Waals surface area contributed by atoms with Crippen molar-refractivity contribution >= 4 is 5.69 Å². The second kappa shape index (κ2) is 2.59. The van der Waals surface area contributed by atoms with E-state index < -0.39 is 0 Å². The molecule has 2 rings (SSSR count). The second-order valence-electron chi connectivity index (χ2n) is 3.12. The highest BCUT2D eigenvalue weighted by atomic mass is 16.3. The van der Waals surface area contributed by atoms with Gasteiger partial charge in [0.2, 0.25) is 0 Å². The zero-order chi connectivity index (χ0) is 8.55. The van der Waals surface area contributed by atoms with Gasteiger partial charge in [-0.3, -0.25) is 0 Å². The lowest BCUT2D eigenvalue weighted by Gasteiger charge is -2.02. The maximum absolute atomic E-state index is 10.4. The van der Waals surface area contributed by atoms with Gasteiger partial charge in [0.05, 0.1) is 0 Å². The molecule has 0 aliphatic heterocycles. The van der Waals surface area contributed by atoms with Gasteiger partial charge < -0.3 is 5.73 Å². The fourth-order valence-electron chi connectivity index (χ4n) is 1.71. The van der Waals surface area contributed by atoms with E-state index in [9.17, 15) is 4.91 Å². The Labute approximate surface area is 70.6 Å². The molecular formula is C9H10N2O. The standard InChI is InChI=1S/C9H10N2O/c10-7-3-1-6-2-4-9(11-12)8(6)5-7/h1,3,5,9H,2,4,10H2. The molecule has 0 aromatic heterocycles. The van der Waals surface area contributed by atoms with Gasteiger partial charge in [-0.25, -0.2) is 0 Å². The van der Waals surface area contributed by atoms with Crippen LogP contribution >= 0.6 is 0 Å². The van der Waals surface area contributed by atoms with Crippen molar-refractivity contribution < 1.29 is 0 Å². The van der Waals surface area contributed by atoms with Crippen molar-refractivity contribution in [2.45, 2.75) is 18.9 Å². The highest BCUT2D eigenvalue weighted by Crippen LogP contribution is 2.34. The van der Waals surface area contributed by atoms with Crippen molar-refractivity contribution in [1.29, 1.82) is 0 Å². The molecule has 1 aliphatic rings. The first-order chi connectivity index (χ1) is 5.81. The molecule has 1 aromatic carbocycles. The molecule has 3 nitrogen and oxygen atoms in total. The highest BCUT2D eigenvalue weighted by molar-refractivity contribution is 5.47. The fourth-order valence-corrected chi connectivity index (χ4v) is 1.71. The molecule has 0 heterocycles. The fraction of sp³-hybridized carbons (Fsp3) is 0.333. The van der Waals surface area contributed by atoms with Gasteiger partial charge in [0.1, 0.15) is 6.04 Å². The van der Waals surface area contributed by atoms with Gasteiger partial charge in [0, 0.05) is 5.69 Å². The lowest BCUT2D eigenvalue weighted by molar-refractivity contribution is 0.710. The lowest BCUT2D eigenvalue weighted by Crippen LogP contribution is -1.91. The number of nitrogen functional groups attached to an aromatic ring is 1. The molecule has 0 fully saturated rings. The van der Waals surface area contributed by atoms with Crippen LogP contribution < -0.4 is 5.73 Å². The molecule has 62 valence electrons. The van der Waals surface area contributed by atoms with Gasteiger partial charge in [-0.1, -0.05) is 11.2 Å². The lowest BCUT2D eigenvalue weighted by atomic mass is 10.1. The largest absolute Gasteiger partial charge is 0.399 e. The molecule has 0 amide bonds. The van der Waals surface area contributed by atoms with E-state index in [1.165, 1.54) is 5.56 Å². The van der Waals surface area contributed by atoms with Crippen LogP contribution in [0.1, 0.15) is 23.6 Å². The van der Waals surface area contributed by atoms with E-state index in [4.69, 9.17) is 5.73 Å². The average molecular weight is 162 g/mol. The smallest absolute Gasteiger partial charge is 0.118 e. The number of hydrogen-bond donors (Lipinski definition) is 1. The zero-order valence-corrected chi connectivity index (χ0v) is 6.66. The van der Waals surface area contributed by atoms with Crippen molar-refractivity contribution in [3.8, 4) is 0 Å². The Morgan fingerprint density at radius 2 is 2.33 bits per heavy atom. The summed E-state index contributed by atoms with van der Waals surface area (Å²) in [4.78, 5) is 10.4. The highest BCUT2D eigenvalue weighted by Gasteiger charge is 2.22. The summed E-state index contributed by atoms with van der Waals surface area (Å²) < 4.78 is 0. The summed E-state index contributed by atoms with van der Waals surface area (Å²) in [6, 6.07) is 5.54. The van der Waals surface area contributed by atoms with E-state index in [2.05, 4.69) is 5.18 Å². The van der Waals surface area contributed by atoms with Crippen molar-refractivity contribution in [3.05, 3.63) is 34.2 Å². The van der Waals surface area contributed by atoms with Crippen LogP contribution in [0.25, 0.3) is 0 Å². The summed E-state index contributed by atoms with van der Waals surface area (Å²) in [5.74, 6) is 0. The predicted molar refractivity (Wildman–Crippen MR) is 47.7 cm³/mol. The summed E-state index contributed by atoms with van der Waals surface area (Å²) in [5.41, 5.74) is 8.55. The Hall–Kier alpha value is -1.38. The van der Waals surface area contributed by atoms with Gasteiger partial charge in [-0.2, -0.15) is 4.91 Å². The monoisotopic (exact) mass is 162 g/mol. The topological polar surface area (TPSA) is 55.4 Å². The molecule has 0 radical (unpaired) electrons. The SMILES string of the molecule is Nc1ccc2c(c1)C(N=O)CC2. The molecule has 0 saturated heterocycles. The first-order valence-electron chi connectivity index (χ1n) is 4.02. The van der Waals surface area contributed by atoms with Crippen LogP contribution in [0.4, 0.5) is 5.69 Å². The number of fused-ring (bicyclic) bond motifs is 1. The Kier molecular flexibility index (Phi) is 1.57. The second-order valence-corrected chi connectivity index (χ2v) is 3.12. The molecule has 0 bridgehead atoms. The van der Waals surface area contributed by atoms with E-state index in [0.29, 0.717) is 5.69 Å². The summed E-state index contributed by atoms with van der Waals surface area (Å²) in [6.45, 7) is 0. The third-order valence-electron chi connectivity index (χ3n) is 2.34. The molecule has 1 aliphatic carbocycles. The number of nitrogens with two attached hydrogens (primary N) is 1. The Morgan fingerprint density at radius 3 is 3.08 bits per heavy atom. The predicted octanol–water partition coefficient (Wildman–Crippen LogP) is 2.02. The van der Waals surface area contributed by atoms with Gasteiger partial charge >= 0.3 is 0 Å². The molecule has 1 unspecified atom stereocenters. The zero-order valence-electron chi connectivity index (χ0n) is 6.66. The van der Waals surface area contributed by atoms with Crippen molar-refractivity contribution in [2.75, 3.05) is 5.73 Å². The average Bonchev–Trinajstić information content (AvgIpc) is 2.46. The van der Waals surface area contributed by atoms with Crippen molar-refractivity contribution in [1.82, 2.24) is 0 Å². The van der Waals surface area contributed by atoms with Crippen LogP contribution in [0.3, 0.4) is 0 Å². The van der Waals surface area contributed by atoms with Gasteiger partial charge in [-0.05, 0) is 36.1 Å². The quantitative estimate of drug-likeness (QED) is 0.507. The summed E-state index contributed by atoms with van der Waals surface area (Å²) >= 11 is 0. The van der Waals surface area contributed by atoms with Crippen LogP contribution in [0.5, 0.6) is 0 Å². The summed E-state index contributed by atoms with van der Waals surface area (Å²) in [7, 11) is 0. The minimum Gasteiger partial charge on any atom is -0.399 e. The molecule has 0 spiro atoms. The van der Waals surface area contributed by atoms with Crippen LogP contribution in [-0.4, -0.2) is 0 Å². The van der Waals surface area contributed by atoms with Gasteiger partial charge in [0.25, 0.3) is 0 Å². The van der Waals surface area contributed by atoms with Crippen LogP contribution in [0.15, 0.2) is 23.4 Å². The third kappa shape index (κ3) is 0.978. The minimum absolute atomic E-state index is 0.163. The van der Waals surface area contributed by atoms with E-state index in [-0.39, 0.29) is 6.04 Å². The normalized spacial score (nSPS) is 20.5. The van der Waals surface area contributed by atoms with Crippen molar-refractivity contribution in [3.63, 3.8) is 0 Å². The van der Waals surface area contributed by atoms with Crippen LogP contribution in [0, 0.1) is 4.91 Å². The molecule has 3 heteroatoms. The Balaban J connectivity index is 2.49. The van der Waals surface area contributed by atoms with E-state index in [0.717, 1.165) is 18.4 Å². The van der Waals surface area contributed by atoms with Crippen LogP contribution in [-0.2, 0) is 6.42 Å². The number of hydrogen-bond acceptors (Lipinski definition) is 3. The van der Waals surface area contributed by atoms with E-state index >= 15 is 0 Å². The molecule has 0 saturated carbocycles. The van der Waals surface area contributed by atoms with Gasteiger partial charge in [0.15, 0.2) is 0 Å². The molecule has 1 aromatic rings. The summed E-state index contributed by atoms with van der Waals surface area (Å²) in [6.07, 6.45) is 1.79. The Morgan fingerprint density at radius 1 is 1.50 bits per heavy atom. The van der Waals surface area contributed by atoms with Crippen molar-refractivity contribution in [2.24, 2.45) is 5.18 Å². The first-order valence-corrected chi connectivity index (χ1v) is 4.02. The number of rotatable bonds is 1. The summed E-state index contributed by atoms with van der Waals surface area (Å²) in [5, 5.41) is 3.06. The maximum Gasteiger partial charge on any atom is 0.118 e. The number of aryl methyl sites for hydroxylation is 1. The first kappa shape index (κ1) is 7.28. The molecule has 12 heavy (non-hydrogen) atoms. The Bertz CT molecular complexity index is 322. The minimum atomic E-state index is -0.163. The number of benzene rings is 1. The number of anilines is 1. The maximum atomic E-state index is 10.4.